The van der Waals surface area contributed by atoms with Gasteiger partial charge in [0.1, 0.15) is 0 Å². The summed E-state index contributed by atoms with van der Waals surface area (Å²) < 4.78 is 31.2. The second-order valence-corrected chi connectivity index (χ2v) is 14.7. The third kappa shape index (κ3) is 3.87. The zero-order valence-electron chi connectivity index (χ0n) is 25.5. The Hall–Kier alpha value is -2.58. The zero-order chi connectivity index (χ0) is 30.4. The molecule has 2 aromatic rings. The number of rotatable bonds is 6. The normalized spacial score (nSPS) is 41.2. The minimum atomic E-state index is -1.85. The average molecular weight is 604 g/mol. The molecule has 4 fully saturated rings. The van der Waals surface area contributed by atoms with Crippen molar-refractivity contribution >= 4 is 22.8 Å². The first-order valence-electron chi connectivity index (χ1n) is 15.7. The molecule has 228 valence electrons. The molecule has 2 heterocycles. The summed E-state index contributed by atoms with van der Waals surface area (Å²) in [7, 11) is 1.91. The lowest BCUT2D eigenvalue weighted by atomic mass is 9.44. The minimum absolute atomic E-state index is 0.0133. The second-order valence-electron chi connectivity index (χ2n) is 13.7. The summed E-state index contributed by atoms with van der Waals surface area (Å²) >= 11 is 1.58. The number of nitrogens with one attached hydrogen (secondary N) is 1. The van der Waals surface area contributed by atoms with Crippen molar-refractivity contribution in [3.8, 4) is 0 Å². The molecule has 0 spiro atoms. The number of ether oxygens (including phenoxy) is 2. The summed E-state index contributed by atoms with van der Waals surface area (Å²) in [4.78, 5) is 15.0. The third-order valence-corrected chi connectivity index (χ3v) is 12.7. The van der Waals surface area contributed by atoms with Gasteiger partial charge in [0.2, 0.25) is 0 Å². The van der Waals surface area contributed by atoms with Crippen LogP contribution in [0.2, 0.25) is 0 Å². The Morgan fingerprint density at radius 1 is 1.23 bits per heavy atom. The number of allylic oxidation sites excluding steroid dienone is 5. The quantitative estimate of drug-likeness (QED) is 0.358. The van der Waals surface area contributed by atoms with Gasteiger partial charge in [-0.05, 0) is 85.2 Å². The number of hydrogen-bond donors (Lipinski definition) is 2. The first-order chi connectivity index (χ1) is 20.5. The van der Waals surface area contributed by atoms with Crippen LogP contribution in [-0.2, 0) is 20.7 Å². The van der Waals surface area contributed by atoms with Crippen LogP contribution >= 0.6 is 11.3 Å². The van der Waals surface area contributed by atoms with E-state index in [0.717, 1.165) is 40.1 Å². The van der Waals surface area contributed by atoms with E-state index in [1.807, 2.05) is 51.3 Å². The van der Waals surface area contributed by atoms with E-state index in [-0.39, 0.29) is 18.1 Å². The summed E-state index contributed by atoms with van der Waals surface area (Å²) in [5.41, 5.74) is 0.558. The monoisotopic (exact) mass is 603 g/mol. The lowest BCUT2D eigenvalue weighted by molar-refractivity contribution is -0.230. The van der Waals surface area contributed by atoms with E-state index in [2.05, 4.69) is 42.4 Å². The lowest BCUT2D eigenvalue weighted by Crippen LogP contribution is -2.69. The molecule has 43 heavy (non-hydrogen) atoms. The fourth-order valence-corrected chi connectivity index (χ4v) is 10.5. The molecular formula is C36H42FNO4S. The van der Waals surface area contributed by atoms with E-state index in [1.54, 1.807) is 11.3 Å². The highest BCUT2D eigenvalue weighted by Crippen LogP contribution is 2.72. The van der Waals surface area contributed by atoms with Crippen LogP contribution in [0.3, 0.4) is 0 Å². The lowest BCUT2D eigenvalue weighted by Gasteiger charge is -2.62. The summed E-state index contributed by atoms with van der Waals surface area (Å²) in [5, 5.41) is 17.2. The van der Waals surface area contributed by atoms with Crippen molar-refractivity contribution in [2.45, 2.75) is 89.1 Å². The largest absolute Gasteiger partial charge is 0.390 e. The molecule has 7 rings (SSSR count). The Kier molecular flexibility index (Phi) is 6.75. The van der Waals surface area contributed by atoms with Gasteiger partial charge in [-0.2, -0.15) is 0 Å². The number of ketones is 1. The molecule has 7 heteroatoms. The summed E-state index contributed by atoms with van der Waals surface area (Å²) in [6, 6.07) is 10.5. The van der Waals surface area contributed by atoms with E-state index in [9.17, 15) is 9.90 Å². The van der Waals surface area contributed by atoms with Crippen LogP contribution in [0.5, 0.6) is 0 Å². The molecule has 0 unspecified atom stereocenters. The molecule has 0 bridgehead atoms. The number of thiophene rings is 1. The molecule has 1 aliphatic heterocycles. The molecule has 5 aliphatic rings. The van der Waals surface area contributed by atoms with Crippen molar-refractivity contribution in [3.05, 3.63) is 87.7 Å². The maximum absolute atomic E-state index is 17.7. The number of alkyl halides is 1. The van der Waals surface area contributed by atoms with Crippen LogP contribution in [0.15, 0.2) is 71.7 Å². The average Bonchev–Trinajstić information content (AvgIpc) is 3.67. The van der Waals surface area contributed by atoms with Gasteiger partial charge in [-0.15, -0.1) is 11.3 Å². The van der Waals surface area contributed by atoms with Crippen LogP contribution in [0, 0.1) is 22.7 Å². The number of benzene rings is 1. The van der Waals surface area contributed by atoms with Gasteiger partial charge in [-0.1, -0.05) is 56.4 Å². The van der Waals surface area contributed by atoms with Crippen LogP contribution in [0.25, 0.3) is 0 Å². The van der Waals surface area contributed by atoms with Crippen molar-refractivity contribution in [1.29, 1.82) is 0 Å². The van der Waals surface area contributed by atoms with Crippen LogP contribution < -0.4 is 5.32 Å². The van der Waals surface area contributed by atoms with E-state index < -0.39 is 46.5 Å². The number of carbonyl (C=O) groups is 1. The van der Waals surface area contributed by atoms with E-state index in [4.69, 9.17) is 9.47 Å². The Bertz CT molecular complexity index is 1550. The predicted molar refractivity (Wildman–Crippen MR) is 168 cm³/mol. The van der Waals surface area contributed by atoms with Crippen LogP contribution in [-0.4, -0.2) is 41.4 Å². The third-order valence-electron chi connectivity index (χ3n) is 11.7. The van der Waals surface area contributed by atoms with Gasteiger partial charge in [0.05, 0.1) is 17.1 Å². The fourth-order valence-electron chi connectivity index (χ4n) is 9.61. The van der Waals surface area contributed by atoms with E-state index in [0.29, 0.717) is 19.3 Å². The number of anilines is 1. The highest BCUT2D eigenvalue weighted by molar-refractivity contribution is 7.10. The summed E-state index contributed by atoms with van der Waals surface area (Å²) in [6.45, 7) is 9.91. The van der Waals surface area contributed by atoms with Crippen molar-refractivity contribution in [2.24, 2.45) is 22.7 Å². The smallest absolute Gasteiger partial charge is 0.194 e. The van der Waals surface area contributed by atoms with Crippen molar-refractivity contribution in [2.75, 3.05) is 12.4 Å². The molecule has 3 saturated carbocycles. The molecule has 4 aliphatic carbocycles. The van der Waals surface area contributed by atoms with Gasteiger partial charge in [-0.25, -0.2) is 4.39 Å². The fraction of sp³-hybridized carbons (Fsp3) is 0.528. The molecule has 1 aromatic carbocycles. The molecule has 0 radical (unpaired) electrons. The second kappa shape index (κ2) is 9.96. The number of aliphatic hydroxyl groups is 1. The van der Waals surface area contributed by atoms with Gasteiger partial charge in [0, 0.05) is 35.9 Å². The highest BCUT2D eigenvalue weighted by atomic mass is 32.1. The highest BCUT2D eigenvalue weighted by Gasteiger charge is 2.79. The Morgan fingerprint density at radius 3 is 2.81 bits per heavy atom. The number of Topliss-reactive ketones (excluding diaryl/α,β-unsaturated/α-hetero) is 1. The van der Waals surface area contributed by atoms with Gasteiger partial charge in [-0.3, -0.25) is 4.79 Å². The molecule has 5 nitrogen and oxygen atoms in total. The van der Waals surface area contributed by atoms with Crippen molar-refractivity contribution < 1.29 is 23.8 Å². The standard InChI is InChI=1S/C36H42FNO4S/c1-6-29(39)36-31(41-32(42-36)28-17-23(20-43-28)15-22-8-7-9-25(16-22)38-5)18-27-26-11-10-24-14-21(2)12-13-33(24,3)35(26,37)30(40)19-34(27,36)4/h7-9,12-14,16-17,20,26-27,30-32,38,40H,2,6,10-11,15,18-19H2,1,3-5H3/t26-,27-,30-,31+,32+,33-,34-,35-,36+/m0/s1. The Balaban J connectivity index is 1.20. The number of halogens is 1. The Morgan fingerprint density at radius 2 is 2.05 bits per heavy atom. The number of hydrogen-bond acceptors (Lipinski definition) is 6. The predicted octanol–water partition coefficient (Wildman–Crippen LogP) is 7.48. The van der Waals surface area contributed by atoms with E-state index in [1.165, 1.54) is 5.56 Å². The molecule has 2 N–H and O–H groups in total. The first kappa shape index (κ1) is 29.1. The molecule has 9 atom stereocenters. The minimum Gasteiger partial charge on any atom is -0.390 e. The maximum Gasteiger partial charge on any atom is 0.194 e. The molecule has 1 aromatic heterocycles. The first-order valence-corrected chi connectivity index (χ1v) is 16.5. The topological polar surface area (TPSA) is 67.8 Å². The van der Waals surface area contributed by atoms with Crippen molar-refractivity contribution in [3.63, 3.8) is 0 Å². The number of fused-ring (bicyclic) bond motifs is 7. The van der Waals surface area contributed by atoms with Crippen LogP contribution in [0.4, 0.5) is 10.1 Å². The molecule has 1 saturated heterocycles. The van der Waals surface area contributed by atoms with E-state index >= 15 is 4.39 Å². The summed E-state index contributed by atoms with van der Waals surface area (Å²) in [5.74, 6) is -0.586. The van der Waals surface area contributed by atoms with Gasteiger partial charge < -0.3 is 19.9 Å². The summed E-state index contributed by atoms with van der Waals surface area (Å²) in [6.07, 6.45) is 6.52. The molecule has 0 amide bonds. The van der Waals surface area contributed by atoms with Gasteiger partial charge in [0.25, 0.3) is 0 Å². The SMILES string of the molecule is C=C1C=C[C@@]2(C)C(=C1)CC[C@H]1[C@@H]3C[C@H]4O[C@@H](c5cc(Cc6cccc(NC)c6)cs5)O[C@@]4(C(=O)CC)[C@@]3(C)C[C@H](O)[C@@]12F. The van der Waals surface area contributed by atoms with Crippen molar-refractivity contribution in [1.82, 2.24) is 0 Å². The maximum atomic E-state index is 17.7. The number of aliphatic hydroxyl groups excluding tert-OH is 1. The Labute approximate surface area is 257 Å². The molecular weight excluding hydrogens is 561 g/mol. The van der Waals surface area contributed by atoms with Crippen LogP contribution in [0.1, 0.15) is 75.2 Å². The van der Waals surface area contributed by atoms with Gasteiger partial charge >= 0.3 is 0 Å². The zero-order valence-corrected chi connectivity index (χ0v) is 26.3. The number of carbonyl (C=O) groups excluding carboxylic acids is 1. The van der Waals surface area contributed by atoms with Gasteiger partial charge in [0.15, 0.2) is 23.3 Å².